The van der Waals surface area contributed by atoms with Crippen molar-refractivity contribution in [3.8, 4) is 0 Å². The fourth-order valence-corrected chi connectivity index (χ4v) is 1.63. The maximum Gasteiger partial charge on any atom is 0.0406 e. The van der Waals surface area contributed by atoms with Gasteiger partial charge in [0.05, 0.1) is 0 Å². The first kappa shape index (κ1) is 12.5. The number of halogens is 1. The topological polar surface area (TPSA) is 15.3 Å². The minimum absolute atomic E-state index is 0.496. The van der Waals surface area contributed by atoms with Crippen molar-refractivity contribution < 1.29 is 0 Å². The third-order valence-corrected chi connectivity index (χ3v) is 2.46. The second kappa shape index (κ2) is 6.11. The summed E-state index contributed by atoms with van der Waals surface area (Å²) in [6.07, 6.45) is 0. The van der Waals surface area contributed by atoms with Crippen molar-refractivity contribution in [2.45, 2.75) is 19.5 Å². The van der Waals surface area contributed by atoms with Crippen LogP contribution in [0.1, 0.15) is 12.5 Å². The average Bonchev–Trinajstić information content (AvgIpc) is 2.16. The summed E-state index contributed by atoms with van der Waals surface area (Å²) in [6, 6.07) is 8.45. The molecular formula is C12H19ClN2. The highest BCUT2D eigenvalue weighted by atomic mass is 35.5. The summed E-state index contributed by atoms with van der Waals surface area (Å²) in [5.41, 5.74) is 1.27. The lowest BCUT2D eigenvalue weighted by Crippen LogP contribution is -2.35. The first-order valence-electron chi connectivity index (χ1n) is 5.20. The van der Waals surface area contributed by atoms with E-state index in [1.807, 2.05) is 12.1 Å². The van der Waals surface area contributed by atoms with Crippen LogP contribution >= 0.6 is 11.6 Å². The van der Waals surface area contributed by atoms with Gasteiger partial charge in [0, 0.05) is 24.2 Å². The van der Waals surface area contributed by atoms with E-state index in [0.717, 1.165) is 18.1 Å². The van der Waals surface area contributed by atoms with Gasteiger partial charge in [-0.15, -0.1) is 0 Å². The summed E-state index contributed by atoms with van der Waals surface area (Å²) in [5, 5.41) is 4.26. The Balaban J connectivity index is 2.33. The zero-order valence-corrected chi connectivity index (χ0v) is 10.4. The fourth-order valence-electron chi connectivity index (χ4n) is 1.51. The molecule has 1 rings (SSSR count). The summed E-state index contributed by atoms with van der Waals surface area (Å²) in [7, 11) is 4.17. The predicted molar refractivity (Wildman–Crippen MR) is 66.3 cm³/mol. The summed E-state index contributed by atoms with van der Waals surface area (Å²) >= 11 is 5.82. The van der Waals surface area contributed by atoms with E-state index in [1.165, 1.54) is 5.56 Å². The molecule has 3 heteroatoms. The lowest BCUT2D eigenvalue weighted by atomic mass is 10.2. The number of hydrogen-bond acceptors (Lipinski definition) is 2. The Labute approximate surface area is 97.2 Å². The van der Waals surface area contributed by atoms with Crippen molar-refractivity contribution in [2.75, 3.05) is 20.6 Å². The van der Waals surface area contributed by atoms with Crippen molar-refractivity contribution in [3.63, 3.8) is 0 Å². The van der Waals surface area contributed by atoms with Crippen LogP contribution in [0.15, 0.2) is 24.3 Å². The van der Waals surface area contributed by atoms with E-state index in [0.29, 0.717) is 6.04 Å². The lowest BCUT2D eigenvalue weighted by Gasteiger charge is -2.18. The average molecular weight is 227 g/mol. The number of nitrogens with zero attached hydrogens (tertiary/aromatic N) is 1. The molecule has 0 saturated carbocycles. The van der Waals surface area contributed by atoms with E-state index in [9.17, 15) is 0 Å². The second-order valence-electron chi connectivity index (χ2n) is 4.17. The van der Waals surface area contributed by atoms with Crippen LogP contribution in [0, 0.1) is 0 Å². The van der Waals surface area contributed by atoms with Crippen molar-refractivity contribution in [1.29, 1.82) is 0 Å². The number of rotatable bonds is 5. The Bertz CT molecular complexity index is 282. The van der Waals surface area contributed by atoms with Gasteiger partial charge in [0.25, 0.3) is 0 Å². The van der Waals surface area contributed by atoms with Gasteiger partial charge in [0.15, 0.2) is 0 Å². The van der Waals surface area contributed by atoms with E-state index in [-0.39, 0.29) is 0 Å². The summed E-state index contributed by atoms with van der Waals surface area (Å²) in [5.74, 6) is 0. The summed E-state index contributed by atoms with van der Waals surface area (Å²) in [4.78, 5) is 2.18. The van der Waals surface area contributed by atoms with Gasteiger partial charge in [-0.3, -0.25) is 0 Å². The van der Waals surface area contributed by atoms with E-state index in [1.54, 1.807) is 0 Å². The molecule has 1 aromatic carbocycles. The molecule has 1 atom stereocenters. The molecule has 2 nitrogen and oxygen atoms in total. The first-order valence-corrected chi connectivity index (χ1v) is 5.58. The van der Waals surface area contributed by atoms with Gasteiger partial charge >= 0.3 is 0 Å². The maximum absolute atomic E-state index is 5.82. The molecule has 1 aromatic rings. The minimum Gasteiger partial charge on any atom is -0.309 e. The number of likely N-dealkylation sites (N-methyl/N-ethyl adjacent to an activating group) is 1. The summed E-state index contributed by atoms with van der Waals surface area (Å²) < 4.78 is 0. The van der Waals surface area contributed by atoms with Gasteiger partial charge in [-0.25, -0.2) is 0 Å². The second-order valence-corrected chi connectivity index (χ2v) is 4.61. The van der Waals surface area contributed by atoms with Gasteiger partial charge in [-0.2, -0.15) is 0 Å². The molecule has 0 aliphatic heterocycles. The van der Waals surface area contributed by atoms with Crippen molar-refractivity contribution in [3.05, 3.63) is 34.9 Å². The van der Waals surface area contributed by atoms with Crippen LogP contribution in [0.5, 0.6) is 0 Å². The van der Waals surface area contributed by atoms with Gasteiger partial charge in [0.2, 0.25) is 0 Å². The Kier molecular flexibility index (Phi) is 5.09. The van der Waals surface area contributed by atoms with Crippen LogP contribution < -0.4 is 5.32 Å². The van der Waals surface area contributed by atoms with Crippen molar-refractivity contribution in [2.24, 2.45) is 0 Å². The maximum atomic E-state index is 5.82. The Morgan fingerprint density at radius 2 is 1.87 bits per heavy atom. The lowest BCUT2D eigenvalue weighted by molar-refractivity contribution is 0.349. The Hall–Kier alpha value is -0.570. The summed E-state index contributed by atoms with van der Waals surface area (Å²) in [6.45, 7) is 4.13. The standard InChI is InChI=1S/C12H19ClN2/c1-10(9-15(2)3)14-8-11-4-6-12(13)7-5-11/h4-7,10,14H,8-9H2,1-3H3. The van der Waals surface area contributed by atoms with Gasteiger partial charge < -0.3 is 10.2 Å². The van der Waals surface area contributed by atoms with Gasteiger partial charge in [0.1, 0.15) is 0 Å². The van der Waals surface area contributed by atoms with Crippen LogP contribution in [0.3, 0.4) is 0 Å². The zero-order chi connectivity index (χ0) is 11.3. The molecule has 84 valence electrons. The highest BCUT2D eigenvalue weighted by Crippen LogP contribution is 2.09. The fraction of sp³-hybridized carbons (Fsp3) is 0.500. The highest BCUT2D eigenvalue weighted by molar-refractivity contribution is 6.30. The number of nitrogens with one attached hydrogen (secondary N) is 1. The molecule has 0 radical (unpaired) electrons. The van der Waals surface area contributed by atoms with Crippen LogP contribution in [-0.2, 0) is 6.54 Å². The molecule has 0 spiro atoms. The molecule has 0 aliphatic rings. The monoisotopic (exact) mass is 226 g/mol. The first-order chi connectivity index (χ1) is 7.08. The highest BCUT2D eigenvalue weighted by Gasteiger charge is 2.02. The molecule has 0 aromatic heterocycles. The molecule has 0 heterocycles. The molecule has 0 bridgehead atoms. The number of benzene rings is 1. The smallest absolute Gasteiger partial charge is 0.0406 e. The van der Waals surface area contributed by atoms with Crippen LogP contribution in [-0.4, -0.2) is 31.6 Å². The Morgan fingerprint density at radius 3 is 2.40 bits per heavy atom. The third-order valence-electron chi connectivity index (χ3n) is 2.21. The number of hydrogen-bond donors (Lipinski definition) is 1. The largest absolute Gasteiger partial charge is 0.309 e. The van der Waals surface area contributed by atoms with E-state index < -0.39 is 0 Å². The minimum atomic E-state index is 0.496. The Morgan fingerprint density at radius 1 is 1.27 bits per heavy atom. The molecule has 1 N–H and O–H groups in total. The predicted octanol–water partition coefficient (Wildman–Crippen LogP) is 2.38. The molecule has 15 heavy (non-hydrogen) atoms. The van der Waals surface area contributed by atoms with E-state index in [2.05, 4.69) is 43.4 Å². The molecular weight excluding hydrogens is 208 g/mol. The molecule has 0 saturated heterocycles. The van der Waals surface area contributed by atoms with E-state index >= 15 is 0 Å². The van der Waals surface area contributed by atoms with E-state index in [4.69, 9.17) is 11.6 Å². The third kappa shape index (κ3) is 5.17. The van der Waals surface area contributed by atoms with Gasteiger partial charge in [-0.05, 0) is 38.7 Å². The SMILES string of the molecule is CC(CN(C)C)NCc1ccc(Cl)cc1. The van der Waals surface area contributed by atoms with Crippen LogP contribution in [0.4, 0.5) is 0 Å². The van der Waals surface area contributed by atoms with Crippen LogP contribution in [0.2, 0.25) is 5.02 Å². The molecule has 0 fully saturated rings. The normalized spacial score (nSPS) is 13.1. The van der Waals surface area contributed by atoms with Crippen molar-refractivity contribution in [1.82, 2.24) is 10.2 Å². The molecule has 1 unspecified atom stereocenters. The van der Waals surface area contributed by atoms with Crippen molar-refractivity contribution >= 4 is 11.6 Å². The van der Waals surface area contributed by atoms with Gasteiger partial charge in [-0.1, -0.05) is 23.7 Å². The molecule has 0 aliphatic carbocycles. The zero-order valence-electron chi connectivity index (χ0n) is 9.63. The van der Waals surface area contributed by atoms with Crippen LogP contribution in [0.25, 0.3) is 0 Å². The molecule has 0 amide bonds. The quantitative estimate of drug-likeness (QED) is 0.830.